The number of carbonyl (C=O) groups excluding carboxylic acids is 1. The Morgan fingerprint density at radius 3 is 2.67 bits per heavy atom. The van der Waals surface area contributed by atoms with E-state index < -0.39 is 5.60 Å². The minimum atomic E-state index is -1.27. The molecule has 2 rings (SSSR count). The average molecular weight is 253 g/mol. The number of β-amino-alcohol motifs (C(OH)–C–C–N with tert-alkyl or cyclic N) is 1. The van der Waals surface area contributed by atoms with E-state index in [1.165, 1.54) is 0 Å². The summed E-state index contributed by atoms with van der Waals surface area (Å²) in [6, 6.07) is -0.173. The van der Waals surface area contributed by atoms with Crippen molar-refractivity contribution in [2.24, 2.45) is 0 Å². The topological polar surface area (TPSA) is 87.4 Å². The van der Waals surface area contributed by atoms with E-state index in [1.807, 2.05) is 20.8 Å². The molecule has 1 atom stereocenters. The third-order valence-electron chi connectivity index (χ3n) is 3.41. The summed E-state index contributed by atoms with van der Waals surface area (Å²) in [5, 5.41) is 19.6. The quantitative estimate of drug-likeness (QED) is 0.713. The molecule has 1 aliphatic rings. The van der Waals surface area contributed by atoms with Crippen molar-refractivity contribution in [1.82, 2.24) is 15.8 Å². The Bertz CT molecular complexity index is 432. The van der Waals surface area contributed by atoms with E-state index in [1.54, 1.807) is 0 Å². The van der Waals surface area contributed by atoms with Crippen molar-refractivity contribution >= 4 is 5.91 Å². The number of aromatic nitrogens is 1. The van der Waals surface area contributed by atoms with Gasteiger partial charge in [0.25, 0.3) is 5.91 Å². The fourth-order valence-corrected chi connectivity index (χ4v) is 2.18. The lowest BCUT2D eigenvalue weighted by Crippen LogP contribution is -2.67. The van der Waals surface area contributed by atoms with Crippen LogP contribution in [0.2, 0.25) is 0 Å². The molecule has 0 aromatic carbocycles. The van der Waals surface area contributed by atoms with Crippen LogP contribution < -0.4 is 10.6 Å². The van der Waals surface area contributed by atoms with Crippen molar-refractivity contribution in [3.8, 4) is 0 Å². The zero-order chi connectivity index (χ0) is 13.3. The van der Waals surface area contributed by atoms with Crippen molar-refractivity contribution < 1.29 is 14.4 Å². The van der Waals surface area contributed by atoms with Crippen LogP contribution in [0.1, 0.15) is 36.4 Å². The van der Waals surface area contributed by atoms with Crippen LogP contribution in [0, 0.1) is 13.8 Å². The lowest BCUT2D eigenvalue weighted by molar-refractivity contribution is -0.145. The molecule has 3 N–H and O–H groups in total. The Morgan fingerprint density at radius 1 is 1.61 bits per heavy atom. The minimum Gasteiger partial charge on any atom is -0.377 e. The molecule has 6 heteroatoms. The van der Waals surface area contributed by atoms with Gasteiger partial charge in [0.05, 0.1) is 11.7 Å². The monoisotopic (exact) mass is 253 g/mol. The van der Waals surface area contributed by atoms with Gasteiger partial charge in [0.2, 0.25) is 0 Å². The number of hydrogen-bond acceptors (Lipinski definition) is 5. The van der Waals surface area contributed by atoms with Crippen molar-refractivity contribution in [2.45, 2.75) is 38.8 Å². The Kier molecular flexibility index (Phi) is 3.41. The SMILES string of the molecule is CCC(NC(=O)C1(O)CNC1)c1c(C)noc1C. The number of hydrogen-bond donors (Lipinski definition) is 3. The zero-order valence-corrected chi connectivity index (χ0v) is 10.9. The van der Waals surface area contributed by atoms with Crippen molar-refractivity contribution in [1.29, 1.82) is 0 Å². The fourth-order valence-electron chi connectivity index (χ4n) is 2.18. The maximum atomic E-state index is 12.0. The molecular formula is C12H19N3O3. The number of aryl methyl sites for hydroxylation is 2. The van der Waals surface area contributed by atoms with Crippen molar-refractivity contribution in [3.63, 3.8) is 0 Å². The zero-order valence-electron chi connectivity index (χ0n) is 10.9. The third kappa shape index (κ3) is 2.13. The van der Waals surface area contributed by atoms with Crippen molar-refractivity contribution in [3.05, 3.63) is 17.0 Å². The van der Waals surface area contributed by atoms with E-state index in [9.17, 15) is 9.90 Å². The molecule has 6 nitrogen and oxygen atoms in total. The third-order valence-corrected chi connectivity index (χ3v) is 3.41. The average Bonchev–Trinajstić information content (AvgIpc) is 2.63. The summed E-state index contributed by atoms with van der Waals surface area (Å²) >= 11 is 0. The van der Waals surface area contributed by atoms with Gasteiger partial charge in [-0.15, -0.1) is 0 Å². The molecule has 0 bridgehead atoms. The molecule has 1 unspecified atom stereocenters. The predicted octanol–water partition coefficient (Wildman–Crippen LogP) is 0.193. The van der Waals surface area contributed by atoms with E-state index in [0.717, 1.165) is 17.7 Å². The summed E-state index contributed by atoms with van der Waals surface area (Å²) in [7, 11) is 0. The normalized spacial score (nSPS) is 19.1. The molecule has 0 radical (unpaired) electrons. The second-order valence-electron chi connectivity index (χ2n) is 4.81. The van der Waals surface area contributed by atoms with Crippen LogP contribution in [-0.4, -0.2) is 34.9 Å². The van der Waals surface area contributed by atoms with Crippen LogP contribution in [0.5, 0.6) is 0 Å². The van der Waals surface area contributed by atoms with Crippen LogP contribution in [0.15, 0.2) is 4.52 Å². The number of carbonyl (C=O) groups is 1. The standard InChI is InChI=1S/C12H19N3O3/c1-4-9(10-7(2)15-18-8(10)3)14-11(16)12(17)5-13-6-12/h9,13,17H,4-6H2,1-3H3,(H,14,16). The van der Waals surface area contributed by atoms with Gasteiger partial charge < -0.3 is 20.3 Å². The molecule has 100 valence electrons. The number of nitrogens with zero attached hydrogens (tertiary/aromatic N) is 1. The van der Waals surface area contributed by atoms with Crippen LogP contribution in [0.4, 0.5) is 0 Å². The molecule has 1 aromatic rings. The molecule has 18 heavy (non-hydrogen) atoms. The van der Waals surface area contributed by atoms with Gasteiger partial charge >= 0.3 is 0 Å². The molecular weight excluding hydrogens is 234 g/mol. The van der Waals surface area contributed by atoms with E-state index in [2.05, 4.69) is 15.8 Å². The number of aliphatic hydroxyl groups is 1. The smallest absolute Gasteiger partial charge is 0.255 e. The van der Waals surface area contributed by atoms with E-state index in [0.29, 0.717) is 18.8 Å². The van der Waals surface area contributed by atoms with Crippen LogP contribution in [0.25, 0.3) is 0 Å². The van der Waals surface area contributed by atoms with Gasteiger partial charge in [-0.3, -0.25) is 4.79 Å². The van der Waals surface area contributed by atoms with Gasteiger partial charge in [-0.05, 0) is 20.3 Å². The highest BCUT2D eigenvalue weighted by Gasteiger charge is 2.43. The van der Waals surface area contributed by atoms with Gasteiger partial charge in [-0.1, -0.05) is 12.1 Å². The Balaban J connectivity index is 2.13. The highest BCUT2D eigenvalue weighted by molar-refractivity contribution is 5.87. The summed E-state index contributed by atoms with van der Waals surface area (Å²) in [6.45, 7) is 6.25. The first-order valence-corrected chi connectivity index (χ1v) is 6.14. The largest absolute Gasteiger partial charge is 0.377 e. The first-order chi connectivity index (χ1) is 8.48. The summed E-state index contributed by atoms with van der Waals surface area (Å²) in [6.07, 6.45) is 0.720. The Labute approximate surface area is 106 Å². The first-order valence-electron chi connectivity index (χ1n) is 6.14. The van der Waals surface area contributed by atoms with Gasteiger partial charge in [0.15, 0.2) is 5.60 Å². The van der Waals surface area contributed by atoms with Crippen molar-refractivity contribution in [2.75, 3.05) is 13.1 Å². The molecule has 0 aliphatic carbocycles. The Morgan fingerprint density at radius 2 is 2.28 bits per heavy atom. The summed E-state index contributed by atoms with van der Waals surface area (Å²) in [4.78, 5) is 12.0. The van der Waals surface area contributed by atoms with Gasteiger partial charge in [-0.25, -0.2) is 0 Å². The molecule has 0 saturated carbocycles. The van der Waals surface area contributed by atoms with Crippen LogP contribution in [0.3, 0.4) is 0 Å². The lowest BCUT2D eigenvalue weighted by Gasteiger charge is -2.37. The van der Waals surface area contributed by atoms with E-state index in [4.69, 9.17) is 4.52 Å². The maximum absolute atomic E-state index is 12.0. The minimum absolute atomic E-state index is 0.173. The molecule has 1 aromatic heterocycles. The van der Waals surface area contributed by atoms with Crippen LogP contribution in [-0.2, 0) is 4.79 Å². The molecule has 1 fully saturated rings. The van der Waals surface area contributed by atoms with Crippen LogP contribution >= 0.6 is 0 Å². The second-order valence-corrected chi connectivity index (χ2v) is 4.81. The number of nitrogens with one attached hydrogen (secondary N) is 2. The highest BCUT2D eigenvalue weighted by atomic mass is 16.5. The Hall–Kier alpha value is -1.40. The van der Waals surface area contributed by atoms with E-state index in [-0.39, 0.29) is 11.9 Å². The first kappa shape index (κ1) is 13.0. The molecule has 1 amide bonds. The molecule has 1 saturated heterocycles. The fraction of sp³-hybridized carbons (Fsp3) is 0.667. The molecule has 1 aliphatic heterocycles. The maximum Gasteiger partial charge on any atom is 0.255 e. The van der Waals surface area contributed by atoms with Gasteiger partial charge in [0.1, 0.15) is 5.76 Å². The predicted molar refractivity (Wildman–Crippen MR) is 65.0 cm³/mol. The van der Waals surface area contributed by atoms with Gasteiger partial charge in [-0.2, -0.15) is 0 Å². The summed E-state index contributed by atoms with van der Waals surface area (Å²) in [5.74, 6) is 0.367. The van der Waals surface area contributed by atoms with E-state index >= 15 is 0 Å². The second kappa shape index (κ2) is 4.70. The number of amides is 1. The summed E-state index contributed by atoms with van der Waals surface area (Å²) < 4.78 is 5.11. The lowest BCUT2D eigenvalue weighted by atomic mass is 9.94. The van der Waals surface area contributed by atoms with Gasteiger partial charge in [0, 0.05) is 18.7 Å². The molecule has 0 spiro atoms. The molecule has 2 heterocycles. The number of rotatable bonds is 4. The highest BCUT2D eigenvalue weighted by Crippen LogP contribution is 2.25. The summed E-state index contributed by atoms with van der Waals surface area (Å²) in [5.41, 5.74) is 0.409.